The molecule has 1 aliphatic carbocycles. The number of hydrogen-bond acceptors (Lipinski definition) is 4. The van der Waals surface area contributed by atoms with Gasteiger partial charge < -0.3 is 10.4 Å². The van der Waals surface area contributed by atoms with Crippen LogP contribution in [0.15, 0.2) is 12.3 Å². The van der Waals surface area contributed by atoms with E-state index in [4.69, 9.17) is 0 Å². The number of aryl methyl sites for hydroxylation is 1. The van der Waals surface area contributed by atoms with E-state index in [9.17, 15) is 9.90 Å². The summed E-state index contributed by atoms with van der Waals surface area (Å²) in [6.07, 6.45) is 9.12. The largest absolute Gasteiger partial charge is 0.391 e. The van der Waals surface area contributed by atoms with Crippen LogP contribution in [0.4, 0.5) is 0 Å². The summed E-state index contributed by atoms with van der Waals surface area (Å²) in [5.74, 6) is 0.191. The van der Waals surface area contributed by atoms with Crippen molar-refractivity contribution >= 4 is 23.3 Å². The quantitative estimate of drug-likeness (QED) is 0.812. The zero-order chi connectivity index (χ0) is 13.7. The maximum absolute atomic E-state index is 11.6. The van der Waals surface area contributed by atoms with Crippen LogP contribution in [0, 0.1) is 12.8 Å². The summed E-state index contributed by atoms with van der Waals surface area (Å²) in [6, 6.07) is 0. The van der Waals surface area contributed by atoms with Gasteiger partial charge in [0.25, 0.3) is 0 Å². The third-order valence-electron chi connectivity index (χ3n) is 3.47. The number of nitrogens with zero attached hydrogens (tertiary/aromatic N) is 1. The highest BCUT2D eigenvalue weighted by Gasteiger charge is 2.22. The Bertz CT molecular complexity index is 450. The minimum atomic E-state index is -0.412. The number of aromatic nitrogens is 1. The van der Waals surface area contributed by atoms with E-state index in [0.29, 0.717) is 12.5 Å². The molecule has 5 heteroatoms. The average Bonchev–Trinajstić information content (AvgIpc) is 3.04. The Morgan fingerprint density at radius 2 is 2.37 bits per heavy atom. The predicted octanol–water partition coefficient (Wildman–Crippen LogP) is 2.13. The molecule has 2 N–H and O–H groups in total. The van der Waals surface area contributed by atoms with Gasteiger partial charge in [0.2, 0.25) is 5.91 Å². The monoisotopic (exact) mass is 280 g/mol. The SMILES string of the molecule is Cc1ncc(/C=C/C(=O)NCC(O)C2CCCC2)s1. The zero-order valence-corrected chi connectivity index (χ0v) is 11.9. The highest BCUT2D eigenvalue weighted by molar-refractivity contribution is 7.12. The van der Waals surface area contributed by atoms with E-state index in [-0.39, 0.29) is 5.91 Å². The van der Waals surface area contributed by atoms with Gasteiger partial charge in [0.05, 0.1) is 11.1 Å². The maximum atomic E-state index is 11.6. The second-order valence-corrected chi connectivity index (χ2v) is 6.24. The Balaban J connectivity index is 1.73. The van der Waals surface area contributed by atoms with E-state index in [1.807, 2.05) is 6.92 Å². The molecule has 0 aliphatic heterocycles. The number of carbonyl (C=O) groups is 1. The van der Waals surface area contributed by atoms with Crippen LogP contribution < -0.4 is 5.32 Å². The second-order valence-electron chi connectivity index (χ2n) is 4.97. The number of aliphatic hydroxyl groups excluding tert-OH is 1. The van der Waals surface area contributed by atoms with Crippen molar-refractivity contribution in [1.29, 1.82) is 0 Å². The first-order valence-electron chi connectivity index (χ1n) is 6.71. The highest BCUT2D eigenvalue weighted by Crippen LogP contribution is 2.27. The Kier molecular flexibility index (Phi) is 5.10. The van der Waals surface area contributed by atoms with Crippen LogP contribution in [0.2, 0.25) is 0 Å². The van der Waals surface area contributed by atoms with Crippen LogP contribution in [0.25, 0.3) is 6.08 Å². The lowest BCUT2D eigenvalue weighted by Gasteiger charge is -2.17. The van der Waals surface area contributed by atoms with Gasteiger partial charge in [-0.1, -0.05) is 12.8 Å². The van der Waals surface area contributed by atoms with Crippen molar-refractivity contribution in [3.63, 3.8) is 0 Å². The Labute approximate surface area is 117 Å². The molecule has 1 aliphatic rings. The van der Waals surface area contributed by atoms with Crippen LogP contribution in [0.3, 0.4) is 0 Å². The van der Waals surface area contributed by atoms with Gasteiger partial charge in [-0.2, -0.15) is 0 Å². The van der Waals surface area contributed by atoms with Gasteiger partial charge in [0.1, 0.15) is 0 Å². The van der Waals surface area contributed by atoms with E-state index >= 15 is 0 Å². The van der Waals surface area contributed by atoms with E-state index in [0.717, 1.165) is 22.7 Å². The van der Waals surface area contributed by atoms with Crippen LogP contribution in [-0.4, -0.2) is 28.6 Å². The first kappa shape index (κ1) is 14.2. The van der Waals surface area contributed by atoms with Crippen LogP contribution >= 0.6 is 11.3 Å². The molecule has 1 saturated carbocycles. The molecule has 0 spiro atoms. The fourth-order valence-corrected chi connectivity index (χ4v) is 3.07. The van der Waals surface area contributed by atoms with Crippen molar-refractivity contribution in [2.45, 2.75) is 38.7 Å². The van der Waals surface area contributed by atoms with Gasteiger partial charge in [0, 0.05) is 23.7 Å². The number of hydrogen-bond donors (Lipinski definition) is 2. The fraction of sp³-hybridized carbons (Fsp3) is 0.571. The highest BCUT2D eigenvalue weighted by atomic mass is 32.1. The number of carbonyl (C=O) groups excluding carboxylic acids is 1. The molecule has 1 atom stereocenters. The average molecular weight is 280 g/mol. The smallest absolute Gasteiger partial charge is 0.244 e. The summed E-state index contributed by atoms with van der Waals surface area (Å²) in [5, 5.41) is 13.7. The van der Waals surface area contributed by atoms with Crippen LogP contribution in [-0.2, 0) is 4.79 Å². The van der Waals surface area contributed by atoms with Crippen molar-refractivity contribution < 1.29 is 9.90 Å². The molecule has 0 bridgehead atoms. The Morgan fingerprint density at radius 1 is 1.63 bits per heavy atom. The summed E-state index contributed by atoms with van der Waals surface area (Å²) in [5.41, 5.74) is 0. The van der Waals surface area contributed by atoms with Crippen molar-refractivity contribution in [3.8, 4) is 0 Å². The van der Waals surface area contributed by atoms with Gasteiger partial charge >= 0.3 is 0 Å². The standard InChI is InChI=1S/C14H20N2O2S/c1-10-15-8-12(19-10)6-7-14(18)16-9-13(17)11-4-2-3-5-11/h6-8,11,13,17H,2-5,9H2,1H3,(H,16,18)/b7-6+. The molecule has 0 radical (unpaired) electrons. The molecule has 1 fully saturated rings. The second kappa shape index (κ2) is 6.82. The molecule has 1 aromatic heterocycles. The van der Waals surface area contributed by atoms with Gasteiger partial charge in [-0.3, -0.25) is 4.79 Å². The minimum Gasteiger partial charge on any atom is -0.391 e. The summed E-state index contributed by atoms with van der Waals surface area (Å²) in [4.78, 5) is 16.7. The number of thiazole rings is 1. The van der Waals surface area contributed by atoms with Gasteiger partial charge in [0.15, 0.2) is 0 Å². The maximum Gasteiger partial charge on any atom is 0.244 e. The molecule has 0 aromatic carbocycles. The normalized spacial score (nSPS) is 18.0. The molecule has 1 heterocycles. The van der Waals surface area contributed by atoms with Crippen LogP contribution in [0.1, 0.15) is 35.6 Å². The van der Waals surface area contributed by atoms with Gasteiger partial charge in [-0.15, -0.1) is 11.3 Å². The van der Waals surface area contributed by atoms with Gasteiger partial charge in [-0.05, 0) is 31.8 Å². The summed E-state index contributed by atoms with van der Waals surface area (Å²) in [6.45, 7) is 2.27. The molecule has 1 amide bonds. The molecule has 0 saturated heterocycles. The minimum absolute atomic E-state index is 0.164. The molecular weight excluding hydrogens is 260 g/mol. The molecular formula is C14H20N2O2S. The lowest BCUT2D eigenvalue weighted by Crippen LogP contribution is -2.34. The van der Waals surface area contributed by atoms with E-state index in [1.54, 1.807) is 23.6 Å². The molecule has 4 nitrogen and oxygen atoms in total. The van der Waals surface area contributed by atoms with Gasteiger partial charge in [-0.25, -0.2) is 4.98 Å². The Morgan fingerprint density at radius 3 is 3.00 bits per heavy atom. The van der Waals surface area contributed by atoms with Crippen molar-refractivity contribution in [2.24, 2.45) is 5.92 Å². The van der Waals surface area contributed by atoms with Crippen LogP contribution in [0.5, 0.6) is 0 Å². The summed E-state index contributed by atoms with van der Waals surface area (Å²) < 4.78 is 0. The summed E-state index contributed by atoms with van der Waals surface area (Å²) >= 11 is 1.55. The topological polar surface area (TPSA) is 62.2 Å². The van der Waals surface area contributed by atoms with E-state index in [2.05, 4.69) is 10.3 Å². The predicted molar refractivity (Wildman–Crippen MR) is 76.9 cm³/mol. The van der Waals surface area contributed by atoms with Crippen molar-refractivity contribution in [3.05, 3.63) is 22.2 Å². The molecule has 19 heavy (non-hydrogen) atoms. The fourth-order valence-electron chi connectivity index (χ4n) is 2.39. The lowest BCUT2D eigenvalue weighted by atomic mass is 10.0. The molecule has 1 unspecified atom stereocenters. The van der Waals surface area contributed by atoms with E-state index < -0.39 is 6.10 Å². The number of rotatable bonds is 5. The molecule has 104 valence electrons. The number of aliphatic hydroxyl groups is 1. The van der Waals surface area contributed by atoms with E-state index in [1.165, 1.54) is 18.9 Å². The molecule has 1 aromatic rings. The molecule has 2 rings (SSSR count). The van der Waals surface area contributed by atoms with Crippen molar-refractivity contribution in [2.75, 3.05) is 6.54 Å². The first-order valence-corrected chi connectivity index (χ1v) is 7.53. The zero-order valence-electron chi connectivity index (χ0n) is 11.1. The third kappa shape index (κ3) is 4.44. The van der Waals surface area contributed by atoms with Crippen molar-refractivity contribution in [1.82, 2.24) is 10.3 Å². The number of nitrogens with one attached hydrogen (secondary N) is 1. The lowest BCUT2D eigenvalue weighted by molar-refractivity contribution is -0.117. The first-order chi connectivity index (χ1) is 9.15. The number of amides is 1. The Hall–Kier alpha value is -1.20. The third-order valence-corrected chi connectivity index (χ3v) is 4.35. The summed E-state index contributed by atoms with van der Waals surface area (Å²) in [7, 11) is 0.